The number of hydrogen-bond acceptors (Lipinski definition) is 4. The van der Waals surface area contributed by atoms with Gasteiger partial charge in [0.05, 0.1) is 11.5 Å². The molecular formula is C16H26N2O3S. The van der Waals surface area contributed by atoms with Gasteiger partial charge in [0.15, 0.2) is 0 Å². The third-order valence-electron chi connectivity index (χ3n) is 4.67. The van der Waals surface area contributed by atoms with Crippen molar-refractivity contribution >= 4 is 10.0 Å². The lowest BCUT2D eigenvalue weighted by Crippen LogP contribution is -2.58. The normalized spacial score (nSPS) is 26.0. The van der Waals surface area contributed by atoms with Crippen molar-refractivity contribution in [2.45, 2.75) is 49.6 Å². The van der Waals surface area contributed by atoms with E-state index < -0.39 is 15.6 Å². The molecule has 2 rings (SSSR count). The Balaban J connectivity index is 2.28. The highest BCUT2D eigenvalue weighted by atomic mass is 32.2. The first kappa shape index (κ1) is 17.4. The number of nitrogens with two attached hydrogens (primary N) is 1. The molecule has 0 bridgehead atoms. The maximum Gasteiger partial charge on any atom is 0.241 e. The van der Waals surface area contributed by atoms with Crippen LogP contribution < -0.4 is 10.5 Å². The number of rotatable bonds is 6. The standard InChI is InChI=1S/C16H26N2O3S/c1-13-6-3-4-9-16(13,12-17)18-22(19,20)15-8-5-7-14(10-15)11-21-2/h5,7-8,10,13,18H,3-4,6,9,11-12,17H2,1-2H3. The van der Waals surface area contributed by atoms with E-state index in [9.17, 15) is 8.42 Å². The van der Waals surface area contributed by atoms with E-state index in [0.717, 1.165) is 31.2 Å². The molecule has 0 aromatic heterocycles. The average Bonchev–Trinajstić information content (AvgIpc) is 2.50. The van der Waals surface area contributed by atoms with Crippen LogP contribution in [-0.4, -0.2) is 27.6 Å². The molecule has 0 spiro atoms. The van der Waals surface area contributed by atoms with E-state index in [0.29, 0.717) is 13.2 Å². The minimum atomic E-state index is -3.59. The quantitative estimate of drug-likeness (QED) is 0.838. The van der Waals surface area contributed by atoms with Crippen molar-refractivity contribution < 1.29 is 13.2 Å². The molecule has 1 fully saturated rings. The lowest BCUT2D eigenvalue weighted by molar-refractivity contribution is 0.184. The van der Waals surface area contributed by atoms with Crippen LogP contribution in [0.25, 0.3) is 0 Å². The van der Waals surface area contributed by atoms with Gasteiger partial charge in [0.1, 0.15) is 0 Å². The summed E-state index contributed by atoms with van der Waals surface area (Å²) in [4.78, 5) is 0.271. The fraction of sp³-hybridized carbons (Fsp3) is 0.625. The molecule has 1 aromatic carbocycles. The topological polar surface area (TPSA) is 81.4 Å². The highest BCUT2D eigenvalue weighted by Crippen LogP contribution is 2.34. The summed E-state index contributed by atoms with van der Waals surface area (Å²) in [5.74, 6) is 0.239. The second kappa shape index (κ2) is 7.08. The molecule has 0 saturated heterocycles. The van der Waals surface area contributed by atoms with Crippen LogP contribution in [0.15, 0.2) is 29.2 Å². The molecule has 0 amide bonds. The maximum atomic E-state index is 12.8. The molecule has 2 unspecified atom stereocenters. The lowest BCUT2D eigenvalue weighted by atomic mass is 9.74. The monoisotopic (exact) mass is 326 g/mol. The van der Waals surface area contributed by atoms with Crippen molar-refractivity contribution in [2.24, 2.45) is 11.7 Å². The van der Waals surface area contributed by atoms with Crippen LogP contribution in [0.5, 0.6) is 0 Å². The third-order valence-corrected chi connectivity index (χ3v) is 6.22. The van der Waals surface area contributed by atoms with Gasteiger partial charge in [-0.3, -0.25) is 0 Å². The Kier molecular flexibility index (Phi) is 5.60. The maximum absolute atomic E-state index is 12.8. The third kappa shape index (κ3) is 3.68. The lowest BCUT2D eigenvalue weighted by Gasteiger charge is -2.42. The second-order valence-electron chi connectivity index (χ2n) is 6.19. The Morgan fingerprint density at radius 1 is 1.41 bits per heavy atom. The van der Waals surface area contributed by atoms with E-state index in [4.69, 9.17) is 10.5 Å². The van der Waals surface area contributed by atoms with E-state index in [1.807, 2.05) is 6.07 Å². The SMILES string of the molecule is COCc1cccc(S(=O)(=O)NC2(CN)CCCCC2C)c1. The van der Waals surface area contributed by atoms with Gasteiger partial charge in [0.25, 0.3) is 0 Å². The molecule has 1 saturated carbocycles. The first-order valence-corrected chi connectivity index (χ1v) is 9.24. The number of hydrogen-bond donors (Lipinski definition) is 2. The number of methoxy groups -OCH3 is 1. The molecule has 5 nitrogen and oxygen atoms in total. The average molecular weight is 326 g/mol. The largest absolute Gasteiger partial charge is 0.380 e. The summed E-state index contributed by atoms with van der Waals surface area (Å²) < 4.78 is 33.5. The van der Waals surface area contributed by atoms with Crippen LogP contribution in [0.2, 0.25) is 0 Å². The van der Waals surface area contributed by atoms with Crippen LogP contribution in [0.4, 0.5) is 0 Å². The molecule has 6 heteroatoms. The van der Waals surface area contributed by atoms with Gasteiger partial charge in [-0.05, 0) is 36.5 Å². The predicted molar refractivity (Wildman–Crippen MR) is 86.9 cm³/mol. The van der Waals surface area contributed by atoms with Crippen LogP contribution >= 0.6 is 0 Å². The zero-order valence-corrected chi connectivity index (χ0v) is 14.2. The molecule has 3 N–H and O–H groups in total. The number of benzene rings is 1. The summed E-state index contributed by atoms with van der Waals surface area (Å²) in [6.45, 7) is 2.79. The summed E-state index contributed by atoms with van der Waals surface area (Å²) in [6, 6.07) is 6.86. The minimum Gasteiger partial charge on any atom is -0.380 e. The zero-order valence-electron chi connectivity index (χ0n) is 13.3. The highest BCUT2D eigenvalue weighted by molar-refractivity contribution is 7.89. The first-order chi connectivity index (χ1) is 10.4. The minimum absolute atomic E-state index is 0.239. The molecule has 0 aliphatic heterocycles. The van der Waals surface area contributed by atoms with E-state index in [-0.39, 0.29) is 10.8 Å². The molecule has 0 heterocycles. The number of sulfonamides is 1. The Bertz CT molecular complexity index is 603. The Labute approximate surface area is 133 Å². The van der Waals surface area contributed by atoms with Crippen molar-refractivity contribution in [1.82, 2.24) is 4.72 Å². The van der Waals surface area contributed by atoms with Gasteiger partial charge in [0.2, 0.25) is 10.0 Å². The Morgan fingerprint density at radius 2 is 2.18 bits per heavy atom. The van der Waals surface area contributed by atoms with Crippen molar-refractivity contribution in [2.75, 3.05) is 13.7 Å². The van der Waals surface area contributed by atoms with E-state index in [2.05, 4.69) is 11.6 Å². The van der Waals surface area contributed by atoms with E-state index in [1.54, 1.807) is 25.3 Å². The molecule has 2 atom stereocenters. The van der Waals surface area contributed by atoms with Gasteiger partial charge in [-0.2, -0.15) is 0 Å². The van der Waals surface area contributed by atoms with Gasteiger partial charge < -0.3 is 10.5 Å². The number of ether oxygens (including phenoxy) is 1. The fourth-order valence-corrected chi connectivity index (χ4v) is 4.81. The first-order valence-electron chi connectivity index (χ1n) is 7.75. The second-order valence-corrected chi connectivity index (χ2v) is 7.88. The summed E-state index contributed by atoms with van der Waals surface area (Å²) in [5.41, 5.74) is 6.25. The van der Waals surface area contributed by atoms with Crippen molar-refractivity contribution in [1.29, 1.82) is 0 Å². The predicted octanol–water partition coefficient (Wildman–Crippen LogP) is 2.02. The summed E-state index contributed by atoms with van der Waals surface area (Å²) in [5, 5.41) is 0. The van der Waals surface area contributed by atoms with Gasteiger partial charge in [-0.1, -0.05) is 31.9 Å². The van der Waals surface area contributed by atoms with E-state index >= 15 is 0 Å². The van der Waals surface area contributed by atoms with E-state index in [1.165, 1.54) is 0 Å². The molecule has 1 aliphatic carbocycles. The molecular weight excluding hydrogens is 300 g/mol. The van der Waals surface area contributed by atoms with Gasteiger partial charge in [-0.15, -0.1) is 0 Å². The van der Waals surface area contributed by atoms with Crippen LogP contribution in [0.1, 0.15) is 38.2 Å². The molecule has 1 aromatic rings. The van der Waals surface area contributed by atoms with Crippen LogP contribution in [-0.2, 0) is 21.4 Å². The summed E-state index contributed by atoms with van der Waals surface area (Å²) in [6.07, 6.45) is 3.94. The van der Waals surface area contributed by atoms with Crippen molar-refractivity contribution in [3.63, 3.8) is 0 Å². The molecule has 1 aliphatic rings. The Morgan fingerprint density at radius 3 is 2.82 bits per heavy atom. The smallest absolute Gasteiger partial charge is 0.241 e. The Hall–Kier alpha value is -0.950. The van der Waals surface area contributed by atoms with Crippen molar-refractivity contribution in [3.05, 3.63) is 29.8 Å². The molecule has 22 heavy (non-hydrogen) atoms. The van der Waals surface area contributed by atoms with Crippen molar-refractivity contribution in [3.8, 4) is 0 Å². The van der Waals surface area contributed by atoms with Gasteiger partial charge >= 0.3 is 0 Å². The zero-order chi connectivity index (χ0) is 16.2. The summed E-state index contributed by atoms with van der Waals surface area (Å²) >= 11 is 0. The molecule has 0 radical (unpaired) electrons. The summed E-state index contributed by atoms with van der Waals surface area (Å²) in [7, 11) is -2.00. The highest BCUT2D eigenvalue weighted by Gasteiger charge is 2.40. The van der Waals surface area contributed by atoms with Crippen LogP contribution in [0, 0.1) is 5.92 Å². The number of nitrogens with one attached hydrogen (secondary N) is 1. The fourth-order valence-electron chi connectivity index (χ4n) is 3.21. The van der Waals surface area contributed by atoms with Crippen LogP contribution in [0.3, 0.4) is 0 Å². The van der Waals surface area contributed by atoms with Gasteiger partial charge in [-0.25, -0.2) is 13.1 Å². The van der Waals surface area contributed by atoms with Gasteiger partial charge in [0, 0.05) is 19.2 Å². The molecule has 124 valence electrons.